The van der Waals surface area contributed by atoms with E-state index in [1.165, 1.54) is 22.8 Å². The van der Waals surface area contributed by atoms with Crippen molar-refractivity contribution in [2.24, 2.45) is 0 Å². The highest BCUT2D eigenvalue weighted by molar-refractivity contribution is 5.81. The molecule has 4 rings (SSSR count). The summed E-state index contributed by atoms with van der Waals surface area (Å²) in [6.07, 6.45) is -1.24. The van der Waals surface area contributed by atoms with E-state index >= 15 is 0 Å². The van der Waals surface area contributed by atoms with Gasteiger partial charge in [0.2, 0.25) is 0 Å². The van der Waals surface area contributed by atoms with E-state index in [9.17, 15) is 23.1 Å². The Labute approximate surface area is 163 Å². The summed E-state index contributed by atoms with van der Waals surface area (Å²) in [6.45, 7) is -0.102. The van der Waals surface area contributed by atoms with Crippen LogP contribution in [0.5, 0.6) is 0 Å². The van der Waals surface area contributed by atoms with Crippen molar-refractivity contribution < 1.29 is 18.3 Å². The number of hydrogen-bond donors (Lipinski definition) is 1. The molecule has 29 heavy (non-hydrogen) atoms. The van der Waals surface area contributed by atoms with Gasteiger partial charge in [0.15, 0.2) is 0 Å². The first-order valence-electron chi connectivity index (χ1n) is 8.75. The van der Waals surface area contributed by atoms with Crippen molar-refractivity contribution in [2.75, 3.05) is 0 Å². The van der Waals surface area contributed by atoms with E-state index in [0.717, 1.165) is 17.5 Å². The molecule has 0 amide bonds. The average molecular weight is 396 g/mol. The van der Waals surface area contributed by atoms with Crippen LogP contribution in [-0.2, 0) is 12.8 Å². The third-order valence-electron chi connectivity index (χ3n) is 4.65. The van der Waals surface area contributed by atoms with Gasteiger partial charge in [0.05, 0.1) is 23.4 Å². The number of alkyl halides is 3. The molecule has 2 aromatic heterocycles. The van der Waals surface area contributed by atoms with E-state index in [1.807, 2.05) is 12.1 Å². The van der Waals surface area contributed by atoms with Crippen molar-refractivity contribution in [2.45, 2.75) is 12.8 Å². The summed E-state index contributed by atoms with van der Waals surface area (Å²) in [5, 5.41) is 10.0. The van der Waals surface area contributed by atoms with Gasteiger partial charge in [-0.2, -0.15) is 13.2 Å². The zero-order valence-corrected chi connectivity index (χ0v) is 15.0. The zero-order chi connectivity index (χ0) is 20.6. The SMILES string of the molecule is O=c1cc(-c2ccc(C(F)(F)F)cc2)ccn1-c1ccc2cc(CO)cnc2c1. The Hall–Kier alpha value is -3.45. The highest BCUT2D eigenvalue weighted by atomic mass is 19.4. The lowest BCUT2D eigenvalue weighted by molar-refractivity contribution is -0.137. The molecular weight excluding hydrogens is 381 g/mol. The molecule has 0 saturated carbocycles. The molecule has 0 bridgehead atoms. The van der Waals surface area contributed by atoms with Gasteiger partial charge >= 0.3 is 6.18 Å². The second-order valence-electron chi connectivity index (χ2n) is 6.58. The third-order valence-corrected chi connectivity index (χ3v) is 4.65. The molecule has 0 saturated heterocycles. The van der Waals surface area contributed by atoms with E-state index in [4.69, 9.17) is 0 Å². The quantitative estimate of drug-likeness (QED) is 0.552. The Morgan fingerprint density at radius 3 is 2.34 bits per heavy atom. The minimum Gasteiger partial charge on any atom is -0.392 e. The number of pyridine rings is 2. The van der Waals surface area contributed by atoms with Crippen LogP contribution >= 0.6 is 0 Å². The minimum absolute atomic E-state index is 0.102. The first-order chi connectivity index (χ1) is 13.8. The number of aliphatic hydroxyl groups is 1. The summed E-state index contributed by atoms with van der Waals surface area (Å²) in [4.78, 5) is 16.9. The van der Waals surface area contributed by atoms with Crippen LogP contribution in [0.2, 0.25) is 0 Å². The second-order valence-corrected chi connectivity index (χ2v) is 6.58. The summed E-state index contributed by atoms with van der Waals surface area (Å²) in [6, 6.07) is 14.9. The van der Waals surface area contributed by atoms with Crippen molar-refractivity contribution in [3.8, 4) is 16.8 Å². The van der Waals surface area contributed by atoms with E-state index in [2.05, 4.69) is 4.98 Å². The van der Waals surface area contributed by atoms with Crippen molar-refractivity contribution >= 4 is 10.9 Å². The molecule has 0 aliphatic carbocycles. The fourth-order valence-electron chi connectivity index (χ4n) is 3.12. The molecule has 4 nitrogen and oxygen atoms in total. The molecule has 0 fully saturated rings. The van der Waals surface area contributed by atoms with Crippen LogP contribution in [0.3, 0.4) is 0 Å². The van der Waals surface area contributed by atoms with Crippen LogP contribution in [0, 0.1) is 0 Å². The van der Waals surface area contributed by atoms with Crippen LogP contribution in [-0.4, -0.2) is 14.7 Å². The molecule has 2 heterocycles. The van der Waals surface area contributed by atoms with E-state index in [-0.39, 0.29) is 12.2 Å². The monoisotopic (exact) mass is 396 g/mol. The van der Waals surface area contributed by atoms with Crippen LogP contribution in [0.15, 0.2) is 77.9 Å². The van der Waals surface area contributed by atoms with E-state index in [1.54, 1.807) is 30.6 Å². The van der Waals surface area contributed by atoms with Gasteiger partial charge in [-0.15, -0.1) is 0 Å². The molecule has 4 aromatic rings. The Kier molecular flexibility index (Phi) is 4.68. The smallest absolute Gasteiger partial charge is 0.392 e. The predicted molar refractivity (Wildman–Crippen MR) is 104 cm³/mol. The molecule has 0 atom stereocenters. The molecule has 0 aliphatic heterocycles. The molecule has 0 unspecified atom stereocenters. The maximum Gasteiger partial charge on any atom is 0.416 e. The second kappa shape index (κ2) is 7.18. The normalized spacial score (nSPS) is 11.7. The summed E-state index contributed by atoms with van der Waals surface area (Å²) in [7, 11) is 0. The number of fused-ring (bicyclic) bond motifs is 1. The van der Waals surface area contributed by atoms with Gasteiger partial charge < -0.3 is 5.11 Å². The number of hydrogen-bond acceptors (Lipinski definition) is 3. The molecular formula is C22H15F3N2O2. The molecule has 0 spiro atoms. The minimum atomic E-state index is -4.40. The molecule has 7 heteroatoms. The zero-order valence-electron chi connectivity index (χ0n) is 15.0. The molecule has 0 radical (unpaired) electrons. The fraction of sp³-hybridized carbons (Fsp3) is 0.0909. The van der Waals surface area contributed by atoms with Gasteiger partial charge in [0, 0.05) is 23.8 Å². The summed E-state index contributed by atoms with van der Waals surface area (Å²) >= 11 is 0. The predicted octanol–water partition coefficient (Wildman–Crippen LogP) is 4.56. The third kappa shape index (κ3) is 3.77. The van der Waals surface area contributed by atoms with Gasteiger partial charge in [-0.05, 0) is 53.1 Å². The maximum absolute atomic E-state index is 12.7. The summed E-state index contributed by atoms with van der Waals surface area (Å²) in [5.74, 6) is 0. The number of rotatable bonds is 3. The van der Waals surface area contributed by atoms with Crippen LogP contribution < -0.4 is 5.56 Å². The van der Waals surface area contributed by atoms with Gasteiger partial charge in [0.25, 0.3) is 5.56 Å². The first-order valence-corrected chi connectivity index (χ1v) is 8.75. The van der Waals surface area contributed by atoms with Gasteiger partial charge in [-0.3, -0.25) is 14.3 Å². The van der Waals surface area contributed by atoms with E-state index < -0.39 is 11.7 Å². The highest BCUT2D eigenvalue weighted by Gasteiger charge is 2.29. The van der Waals surface area contributed by atoms with E-state index in [0.29, 0.717) is 27.9 Å². The van der Waals surface area contributed by atoms with Crippen LogP contribution in [0.25, 0.3) is 27.7 Å². The highest BCUT2D eigenvalue weighted by Crippen LogP contribution is 2.30. The Morgan fingerprint density at radius 1 is 0.931 bits per heavy atom. The van der Waals surface area contributed by atoms with Crippen molar-refractivity contribution in [3.63, 3.8) is 0 Å². The number of aliphatic hydroxyl groups excluding tert-OH is 1. The fourth-order valence-corrected chi connectivity index (χ4v) is 3.12. The van der Waals surface area contributed by atoms with Gasteiger partial charge in [-0.1, -0.05) is 18.2 Å². The topological polar surface area (TPSA) is 55.1 Å². The number of benzene rings is 2. The number of aromatic nitrogens is 2. The van der Waals surface area contributed by atoms with Crippen molar-refractivity contribution in [1.29, 1.82) is 0 Å². The average Bonchev–Trinajstić information content (AvgIpc) is 2.72. The van der Waals surface area contributed by atoms with Crippen molar-refractivity contribution in [1.82, 2.24) is 9.55 Å². The maximum atomic E-state index is 12.7. The Morgan fingerprint density at radius 2 is 1.69 bits per heavy atom. The molecule has 2 aromatic carbocycles. The lowest BCUT2D eigenvalue weighted by Crippen LogP contribution is -2.16. The lowest BCUT2D eigenvalue weighted by Gasteiger charge is -2.10. The summed E-state index contributed by atoms with van der Waals surface area (Å²) < 4.78 is 39.6. The largest absolute Gasteiger partial charge is 0.416 e. The Balaban J connectivity index is 1.68. The first kappa shape index (κ1) is 18.9. The lowest BCUT2D eigenvalue weighted by atomic mass is 10.0. The standard InChI is InChI=1S/C22H15F3N2O2/c23-22(24,25)18-4-1-15(2-5-18)16-7-8-27(21(29)10-16)19-6-3-17-9-14(13-28)12-26-20(17)11-19/h1-12,28H,13H2. The summed E-state index contributed by atoms with van der Waals surface area (Å²) in [5.41, 5.74) is 2.01. The number of halogens is 3. The molecule has 0 aliphatic rings. The van der Waals surface area contributed by atoms with Gasteiger partial charge in [-0.25, -0.2) is 0 Å². The van der Waals surface area contributed by atoms with Crippen molar-refractivity contribution in [3.05, 3.63) is 94.5 Å². The van der Waals surface area contributed by atoms with Gasteiger partial charge in [0.1, 0.15) is 0 Å². The van der Waals surface area contributed by atoms with Crippen LogP contribution in [0.1, 0.15) is 11.1 Å². The number of nitrogens with zero attached hydrogens (tertiary/aromatic N) is 2. The van der Waals surface area contributed by atoms with Crippen LogP contribution in [0.4, 0.5) is 13.2 Å². The molecule has 1 N–H and O–H groups in total. The Bertz CT molecular complexity index is 1250. The molecule has 146 valence electrons.